The number of rotatable bonds is 6. The maximum Gasteiger partial charge on any atom is 0.224 e. The first-order valence-corrected chi connectivity index (χ1v) is 7.88. The number of para-hydroxylation sites is 1. The summed E-state index contributed by atoms with van der Waals surface area (Å²) in [6.07, 6.45) is 2.06. The Morgan fingerprint density at radius 3 is 2.95 bits per heavy atom. The van der Waals surface area contributed by atoms with Crippen molar-refractivity contribution in [3.05, 3.63) is 29.8 Å². The Hall–Kier alpha value is -1.55. The van der Waals surface area contributed by atoms with Crippen LogP contribution in [-0.4, -0.2) is 32.1 Å². The van der Waals surface area contributed by atoms with Crippen LogP contribution in [0.3, 0.4) is 0 Å². The van der Waals surface area contributed by atoms with Crippen LogP contribution < -0.4 is 15.4 Å². The molecule has 1 saturated heterocycles. The van der Waals surface area contributed by atoms with Gasteiger partial charge in [-0.25, -0.2) is 0 Å². The molecule has 0 aromatic heterocycles. The second-order valence-electron chi connectivity index (χ2n) is 5.88. The fraction of sp³-hybridized carbons (Fsp3) is 0.588. The molecule has 2 N–H and O–H groups in total. The van der Waals surface area contributed by atoms with Crippen molar-refractivity contribution in [1.29, 1.82) is 0 Å². The van der Waals surface area contributed by atoms with E-state index in [2.05, 4.69) is 30.5 Å². The third-order valence-corrected chi connectivity index (χ3v) is 3.87. The lowest BCUT2D eigenvalue weighted by Crippen LogP contribution is -2.41. The molecule has 0 spiro atoms. The monoisotopic (exact) mass is 290 g/mol. The highest BCUT2D eigenvalue weighted by Gasteiger charge is 2.20. The van der Waals surface area contributed by atoms with Gasteiger partial charge < -0.3 is 15.4 Å². The van der Waals surface area contributed by atoms with Gasteiger partial charge in [0.05, 0.1) is 12.5 Å². The van der Waals surface area contributed by atoms with Crippen LogP contribution in [0, 0.1) is 5.92 Å². The zero-order chi connectivity index (χ0) is 15.1. The van der Waals surface area contributed by atoms with Gasteiger partial charge in [-0.2, -0.15) is 0 Å². The molecule has 1 aromatic carbocycles. The lowest BCUT2D eigenvalue weighted by Gasteiger charge is -2.22. The summed E-state index contributed by atoms with van der Waals surface area (Å²) in [7, 11) is 0. The van der Waals surface area contributed by atoms with Crippen LogP contribution >= 0.6 is 0 Å². The van der Waals surface area contributed by atoms with E-state index in [0.717, 1.165) is 31.7 Å². The number of carbonyl (C=O) groups excluding carboxylic acids is 1. The molecule has 1 aliphatic rings. The molecular formula is C17H26N2O2. The summed E-state index contributed by atoms with van der Waals surface area (Å²) in [5, 5.41) is 6.23. The van der Waals surface area contributed by atoms with Crippen molar-refractivity contribution >= 4 is 5.91 Å². The van der Waals surface area contributed by atoms with Crippen LogP contribution in [0.25, 0.3) is 0 Å². The molecule has 1 fully saturated rings. The predicted octanol–water partition coefficient (Wildman–Crippen LogP) is 2.30. The molecule has 1 heterocycles. The van der Waals surface area contributed by atoms with Crippen molar-refractivity contribution in [1.82, 2.24) is 10.6 Å². The highest BCUT2D eigenvalue weighted by atomic mass is 16.5. The SMILES string of the molecule is CC(C)c1ccccc1OCCNC(=O)C1CCCNC1. The summed E-state index contributed by atoms with van der Waals surface area (Å²) < 4.78 is 5.81. The second-order valence-corrected chi connectivity index (χ2v) is 5.88. The molecule has 0 bridgehead atoms. The third-order valence-electron chi connectivity index (χ3n) is 3.87. The fourth-order valence-corrected chi connectivity index (χ4v) is 2.64. The maximum absolute atomic E-state index is 12.0. The average molecular weight is 290 g/mol. The number of hydrogen-bond acceptors (Lipinski definition) is 3. The molecular weight excluding hydrogens is 264 g/mol. The van der Waals surface area contributed by atoms with Crippen LogP contribution in [0.4, 0.5) is 0 Å². The van der Waals surface area contributed by atoms with Gasteiger partial charge in [-0.1, -0.05) is 32.0 Å². The summed E-state index contributed by atoms with van der Waals surface area (Å²) >= 11 is 0. The Morgan fingerprint density at radius 1 is 1.43 bits per heavy atom. The van der Waals surface area contributed by atoms with Crippen LogP contribution in [0.1, 0.15) is 38.2 Å². The Balaban J connectivity index is 1.73. The van der Waals surface area contributed by atoms with E-state index < -0.39 is 0 Å². The van der Waals surface area contributed by atoms with Crippen molar-refractivity contribution in [3.8, 4) is 5.75 Å². The van der Waals surface area contributed by atoms with Crippen molar-refractivity contribution < 1.29 is 9.53 Å². The Morgan fingerprint density at radius 2 is 2.24 bits per heavy atom. The van der Waals surface area contributed by atoms with Crippen LogP contribution in [0.2, 0.25) is 0 Å². The zero-order valence-corrected chi connectivity index (χ0v) is 13.0. The number of carbonyl (C=O) groups is 1. The molecule has 0 saturated carbocycles. The second kappa shape index (κ2) is 8.03. The smallest absolute Gasteiger partial charge is 0.224 e. The lowest BCUT2D eigenvalue weighted by molar-refractivity contribution is -0.125. The van der Waals surface area contributed by atoms with E-state index >= 15 is 0 Å². The van der Waals surface area contributed by atoms with E-state index in [0.29, 0.717) is 19.1 Å². The van der Waals surface area contributed by atoms with E-state index in [4.69, 9.17) is 4.74 Å². The first-order chi connectivity index (χ1) is 10.2. The van der Waals surface area contributed by atoms with Gasteiger partial charge >= 0.3 is 0 Å². The van der Waals surface area contributed by atoms with Gasteiger partial charge in [-0.05, 0) is 36.9 Å². The Bertz CT molecular complexity index is 454. The molecule has 1 aliphatic heterocycles. The lowest BCUT2D eigenvalue weighted by atomic mass is 9.99. The topological polar surface area (TPSA) is 50.4 Å². The van der Waals surface area contributed by atoms with Crippen LogP contribution in [0.5, 0.6) is 5.75 Å². The molecule has 116 valence electrons. The van der Waals surface area contributed by atoms with Gasteiger partial charge in [0.1, 0.15) is 12.4 Å². The third kappa shape index (κ3) is 4.74. The van der Waals surface area contributed by atoms with Crippen LogP contribution in [-0.2, 0) is 4.79 Å². The van der Waals surface area contributed by atoms with E-state index in [9.17, 15) is 4.79 Å². The summed E-state index contributed by atoms with van der Waals surface area (Å²) in [4.78, 5) is 12.0. The van der Waals surface area contributed by atoms with E-state index in [1.54, 1.807) is 0 Å². The minimum absolute atomic E-state index is 0.113. The van der Waals surface area contributed by atoms with Gasteiger partial charge in [0.15, 0.2) is 0 Å². The molecule has 21 heavy (non-hydrogen) atoms. The quantitative estimate of drug-likeness (QED) is 0.791. The molecule has 4 nitrogen and oxygen atoms in total. The van der Waals surface area contributed by atoms with Crippen molar-refractivity contribution in [2.75, 3.05) is 26.2 Å². The average Bonchev–Trinajstić information content (AvgIpc) is 2.52. The molecule has 1 amide bonds. The minimum Gasteiger partial charge on any atom is -0.491 e. The van der Waals surface area contributed by atoms with Crippen molar-refractivity contribution in [2.24, 2.45) is 5.92 Å². The molecule has 0 radical (unpaired) electrons. The number of amides is 1. The Labute approximate surface area is 127 Å². The maximum atomic E-state index is 12.0. The molecule has 1 atom stereocenters. The number of benzene rings is 1. The van der Waals surface area contributed by atoms with Crippen LogP contribution in [0.15, 0.2) is 24.3 Å². The number of hydrogen-bond donors (Lipinski definition) is 2. The summed E-state index contributed by atoms with van der Waals surface area (Å²) in [6, 6.07) is 8.09. The normalized spacial score (nSPS) is 18.5. The van der Waals surface area contributed by atoms with Gasteiger partial charge in [0, 0.05) is 6.54 Å². The van der Waals surface area contributed by atoms with E-state index in [-0.39, 0.29) is 11.8 Å². The minimum atomic E-state index is 0.113. The summed E-state index contributed by atoms with van der Waals surface area (Å²) in [6.45, 7) is 7.19. The summed E-state index contributed by atoms with van der Waals surface area (Å²) in [5.41, 5.74) is 1.21. The number of ether oxygens (including phenoxy) is 1. The fourth-order valence-electron chi connectivity index (χ4n) is 2.64. The van der Waals surface area contributed by atoms with Gasteiger partial charge in [-0.3, -0.25) is 4.79 Å². The molecule has 1 aromatic rings. The molecule has 1 unspecified atom stereocenters. The largest absolute Gasteiger partial charge is 0.491 e. The zero-order valence-electron chi connectivity index (χ0n) is 13.0. The predicted molar refractivity (Wildman–Crippen MR) is 84.6 cm³/mol. The van der Waals surface area contributed by atoms with E-state index in [1.807, 2.05) is 18.2 Å². The number of nitrogens with one attached hydrogen (secondary N) is 2. The van der Waals surface area contributed by atoms with Gasteiger partial charge in [0.25, 0.3) is 0 Å². The van der Waals surface area contributed by atoms with Crippen molar-refractivity contribution in [2.45, 2.75) is 32.6 Å². The number of piperidine rings is 1. The highest BCUT2D eigenvalue weighted by Crippen LogP contribution is 2.25. The Kier molecular flexibility index (Phi) is 6.05. The summed E-state index contributed by atoms with van der Waals surface area (Å²) in [5.74, 6) is 1.61. The van der Waals surface area contributed by atoms with Crippen molar-refractivity contribution in [3.63, 3.8) is 0 Å². The molecule has 2 rings (SSSR count). The van der Waals surface area contributed by atoms with Gasteiger partial charge in [0.2, 0.25) is 5.91 Å². The van der Waals surface area contributed by atoms with Gasteiger partial charge in [-0.15, -0.1) is 0 Å². The van der Waals surface area contributed by atoms with E-state index in [1.165, 1.54) is 5.56 Å². The molecule has 0 aliphatic carbocycles. The first kappa shape index (κ1) is 15.8. The first-order valence-electron chi connectivity index (χ1n) is 7.88. The standard InChI is InChI=1S/C17H26N2O2/c1-13(2)15-7-3-4-8-16(15)21-11-10-19-17(20)14-6-5-9-18-12-14/h3-4,7-8,13-14,18H,5-6,9-12H2,1-2H3,(H,19,20). The highest BCUT2D eigenvalue weighted by molar-refractivity contribution is 5.78. The molecule has 4 heteroatoms.